The van der Waals surface area contributed by atoms with Crippen LogP contribution in [0.15, 0.2) is 12.4 Å². The molecule has 0 radical (unpaired) electrons. The summed E-state index contributed by atoms with van der Waals surface area (Å²) in [4.78, 5) is 6.41. The molecule has 1 aliphatic heterocycles. The van der Waals surface area contributed by atoms with E-state index in [1.165, 1.54) is 0 Å². The van der Waals surface area contributed by atoms with Gasteiger partial charge in [0.05, 0.1) is 12.4 Å². The van der Waals surface area contributed by atoms with Crippen molar-refractivity contribution in [3.05, 3.63) is 12.4 Å². The molecule has 0 aromatic carbocycles. The molecule has 2 aromatic rings. The second-order valence-corrected chi connectivity index (χ2v) is 4.59. The number of anilines is 1. The van der Waals surface area contributed by atoms with Crippen LogP contribution in [-0.2, 0) is 0 Å². The maximum absolute atomic E-state index is 6.02. The van der Waals surface area contributed by atoms with Crippen LogP contribution in [0.5, 0.6) is 0 Å². The molecule has 2 N–H and O–H groups in total. The third-order valence-corrected chi connectivity index (χ3v) is 3.39. The molecule has 3 rings (SSSR count). The smallest absolute Gasteiger partial charge is 0.199 e. The third-order valence-electron chi connectivity index (χ3n) is 3.39. The van der Waals surface area contributed by atoms with Gasteiger partial charge in [0.25, 0.3) is 0 Å². The molecule has 0 saturated carbocycles. The van der Waals surface area contributed by atoms with Crippen LogP contribution in [0.2, 0.25) is 0 Å². The maximum atomic E-state index is 6.02. The van der Waals surface area contributed by atoms with E-state index >= 15 is 0 Å². The highest BCUT2D eigenvalue weighted by molar-refractivity contribution is 5.46. The van der Waals surface area contributed by atoms with E-state index in [9.17, 15) is 0 Å². The first kappa shape index (κ1) is 10.4. The van der Waals surface area contributed by atoms with Gasteiger partial charge in [-0.2, -0.15) is 4.52 Å². The highest BCUT2D eigenvalue weighted by Crippen LogP contribution is 2.21. The topological polar surface area (TPSA) is 85.2 Å². The lowest BCUT2D eigenvalue weighted by atomic mass is 9.95. The monoisotopic (exact) mass is 233 g/mol. The second-order valence-electron chi connectivity index (χ2n) is 4.59. The molecule has 1 fully saturated rings. The highest BCUT2D eigenvalue weighted by Gasteiger charge is 2.25. The zero-order chi connectivity index (χ0) is 11.8. The highest BCUT2D eigenvalue weighted by atomic mass is 15.5. The Morgan fingerprint density at radius 2 is 2.29 bits per heavy atom. The summed E-state index contributed by atoms with van der Waals surface area (Å²) in [6.45, 7) is 4.01. The number of nitrogens with two attached hydrogens (primary N) is 1. The number of aromatic nitrogens is 5. The largest absolute Gasteiger partial charge is 0.355 e. The van der Waals surface area contributed by atoms with Gasteiger partial charge < -0.3 is 10.6 Å². The Morgan fingerprint density at radius 1 is 1.41 bits per heavy atom. The van der Waals surface area contributed by atoms with Crippen molar-refractivity contribution < 1.29 is 0 Å². The molecule has 17 heavy (non-hydrogen) atoms. The van der Waals surface area contributed by atoms with Crippen molar-refractivity contribution >= 4 is 11.5 Å². The van der Waals surface area contributed by atoms with E-state index < -0.39 is 0 Å². The number of rotatable bonds is 1. The maximum Gasteiger partial charge on any atom is 0.199 e. The number of piperidine rings is 1. The number of hydrogen-bond donors (Lipinski definition) is 1. The van der Waals surface area contributed by atoms with Crippen molar-refractivity contribution in [1.29, 1.82) is 0 Å². The molecule has 3 heterocycles. The van der Waals surface area contributed by atoms with Crippen LogP contribution in [0.3, 0.4) is 0 Å². The van der Waals surface area contributed by atoms with Gasteiger partial charge in [-0.3, -0.25) is 4.98 Å². The van der Waals surface area contributed by atoms with Crippen molar-refractivity contribution in [2.45, 2.75) is 19.4 Å². The van der Waals surface area contributed by atoms with Gasteiger partial charge in [-0.1, -0.05) is 6.92 Å². The molecule has 1 aliphatic rings. The van der Waals surface area contributed by atoms with E-state index in [0.717, 1.165) is 25.3 Å². The van der Waals surface area contributed by atoms with Gasteiger partial charge in [0.15, 0.2) is 11.5 Å². The first-order valence-corrected chi connectivity index (χ1v) is 5.78. The van der Waals surface area contributed by atoms with Crippen molar-refractivity contribution in [3.63, 3.8) is 0 Å². The van der Waals surface area contributed by atoms with Crippen LogP contribution in [0.25, 0.3) is 5.65 Å². The predicted octanol–water partition coefficient (Wildman–Crippen LogP) is -0.307. The predicted molar refractivity (Wildman–Crippen MR) is 62.5 cm³/mol. The van der Waals surface area contributed by atoms with E-state index in [-0.39, 0.29) is 6.04 Å². The van der Waals surface area contributed by atoms with Crippen LogP contribution in [0, 0.1) is 5.92 Å². The Balaban J connectivity index is 1.96. The zero-order valence-corrected chi connectivity index (χ0v) is 9.69. The number of hydrogen-bond acceptors (Lipinski definition) is 6. The first-order valence-electron chi connectivity index (χ1n) is 5.78. The van der Waals surface area contributed by atoms with Gasteiger partial charge in [0, 0.05) is 19.1 Å². The van der Waals surface area contributed by atoms with E-state index in [2.05, 4.69) is 32.3 Å². The number of nitrogens with zero attached hydrogens (tertiary/aromatic N) is 6. The average molecular weight is 233 g/mol. The molecule has 7 heteroatoms. The molecule has 90 valence electrons. The first-order chi connectivity index (χ1) is 8.25. The fourth-order valence-electron chi connectivity index (χ4n) is 2.25. The standard InChI is InChI=1S/C10H15N7/c1-7-6-16(3-2-8(7)11)10-5-12-4-9-13-14-15-17(9)10/h4-5,7-8H,2-3,6,11H2,1H3. The number of tetrazole rings is 1. The summed E-state index contributed by atoms with van der Waals surface area (Å²) in [5.41, 5.74) is 6.69. The average Bonchev–Trinajstić information content (AvgIpc) is 2.80. The lowest BCUT2D eigenvalue weighted by Gasteiger charge is -2.35. The minimum absolute atomic E-state index is 0.285. The fraction of sp³-hybridized carbons (Fsp3) is 0.600. The van der Waals surface area contributed by atoms with Crippen molar-refractivity contribution in [2.24, 2.45) is 11.7 Å². The molecular weight excluding hydrogens is 218 g/mol. The van der Waals surface area contributed by atoms with Crippen LogP contribution in [0.4, 0.5) is 5.82 Å². The molecule has 0 bridgehead atoms. The minimum Gasteiger partial charge on any atom is -0.355 e. The van der Waals surface area contributed by atoms with Crippen LogP contribution >= 0.6 is 0 Å². The molecule has 1 saturated heterocycles. The molecule has 7 nitrogen and oxygen atoms in total. The molecule has 0 aliphatic carbocycles. The second kappa shape index (κ2) is 3.92. The Labute approximate surface area is 98.6 Å². The Hall–Kier alpha value is -1.76. The zero-order valence-electron chi connectivity index (χ0n) is 9.69. The van der Waals surface area contributed by atoms with Gasteiger partial charge in [-0.25, -0.2) is 0 Å². The normalized spacial score (nSPS) is 25.4. The van der Waals surface area contributed by atoms with Crippen molar-refractivity contribution in [2.75, 3.05) is 18.0 Å². The third kappa shape index (κ3) is 1.72. The number of fused-ring (bicyclic) bond motifs is 1. The van der Waals surface area contributed by atoms with E-state index in [4.69, 9.17) is 5.73 Å². The summed E-state index contributed by atoms with van der Waals surface area (Å²) in [7, 11) is 0. The van der Waals surface area contributed by atoms with E-state index in [1.807, 2.05) is 0 Å². The molecular formula is C10H15N7. The van der Waals surface area contributed by atoms with Crippen molar-refractivity contribution in [1.82, 2.24) is 25.0 Å². The van der Waals surface area contributed by atoms with Crippen molar-refractivity contribution in [3.8, 4) is 0 Å². The van der Waals surface area contributed by atoms with Gasteiger partial charge in [-0.05, 0) is 22.8 Å². The quantitative estimate of drug-likeness (QED) is 0.727. The lowest BCUT2D eigenvalue weighted by molar-refractivity contribution is 0.380. The molecule has 2 atom stereocenters. The Bertz CT molecular complexity index is 522. The van der Waals surface area contributed by atoms with Crippen LogP contribution < -0.4 is 10.6 Å². The molecule has 2 unspecified atom stereocenters. The summed E-state index contributed by atoms with van der Waals surface area (Å²) in [5, 5.41) is 11.5. The summed E-state index contributed by atoms with van der Waals surface area (Å²) in [6.07, 6.45) is 4.44. The molecule has 2 aromatic heterocycles. The summed E-state index contributed by atoms with van der Waals surface area (Å²) in [5.74, 6) is 1.40. The molecule has 0 amide bonds. The van der Waals surface area contributed by atoms with Crippen LogP contribution in [-0.4, -0.2) is 44.2 Å². The Kier molecular flexibility index (Phi) is 2.40. The van der Waals surface area contributed by atoms with Gasteiger partial charge in [-0.15, -0.1) is 5.10 Å². The summed E-state index contributed by atoms with van der Waals surface area (Å²) in [6, 6.07) is 0.285. The van der Waals surface area contributed by atoms with E-state index in [1.54, 1.807) is 16.9 Å². The van der Waals surface area contributed by atoms with E-state index in [0.29, 0.717) is 11.6 Å². The summed E-state index contributed by atoms with van der Waals surface area (Å²) >= 11 is 0. The lowest BCUT2D eigenvalue weighted by Crippen LogP contribution is -2.46. The summed E-state index contributed by atoms with van der Waals surface area (Å²) < 4.78 is 1.72. The van der Waals surface area contributed by atoms with Gasteiger partial charge in [0.2, 0.25) is 0 Å². The Morgan fingerprint density at radius 3 is 3.12 bits per heavy atom. The SMILES string of the molecule is CC1CN(c2cncc3nnnn23)CCC1N. The van der Waals surface area contributed by atoms with Gasteiger partial charge >= 0.3 is 0 Å². The minimum atomic E-state index is 0.285. The molecule has 0 spiro atoms. The fourth-order valence-corrected chi connectivity index (χ4v) is 2.25. The van der Waals surface area contributed by atoms with Crippen LogP contribution in [0.1, 0.15) is 13.3 Å². The van der Waals surface area contributed by atoms with Gasteiger partial charge in [0.1, 0.15) is 0 Å².